The zero-order valence-corrected chi connectivity index (χ0v) is 29.1. The van der Waals surface area contributed by atoms with Gasteiger partial charge in [-0.25, -0.2) is 4.79 Å². The number of nitrogens with two attached hydrogens (primary N) is 1. The lowest BCUT2D eigenvalue weighted by atomic mass is 10.1. The van der Waals surface area contributed by atoms with Crippen LogP contribution in [0.3, 0.4) is 0 Å². The molecule has 0 aliphatic heterocycles. The summed E-state index contributed by atoms with van der Waals surface area (Å²) in [6, 6.07) is 27.0. The predicted molar refractivity (Wildman–Crippen MR) is 198 cm³/mol. The molecule has 4 aromatic carbocycles. The molecule has 4 rings (SSSR count). The molecule has 268 valence electrons. The van der Waals surface area contributed by atoms with E-state index in [-0.39, 0.29) is 23.6 Å². The van der Waals surface area contributed by atoms with Crippen molar-refractivity contribution in [3.8, 4) is 0 Å². The van der Waals surface area contributed by atoms with Crippen LogP contribution in [0.2, 0.25) is 0 Å². The third kappa shape index (κ3) is 15.8. The maximum Gasteiger partial charge on any atom is 0.412 e. The van der Waals surface area contributed by atoms with E-state index >= 15 is 0 Å². The van der Waals surface area contributed by atoms with Crippen LogP contribution in [0.1, 0.15) is 62.3 Å². The molecule has 0 bridgehead atoms. The Morgan fingerprint density at radius 1 is 0.549 bits per heavy atom. The van der Waals surface area contributed by atoms with Crippen LogP contribution < -0.4 is 32.3 Å². The molecule has 14 heteroatoms. The second-order valence-corrected chi connectivity index (χ2v) is 11.7. The van der Waals surface area contributed by atoms with E-state index in [2.05, 4.69) is 26.6 Å². The number of aliphatic carboxylic acids is 1. The number of hydrogen-bond acceptors (Lipinski definition) is 8. The monoisotopic (exact) mass is 698 g/mol. The van der Waals surface area contributed by atoms with Crippen molar-refractivity contribution in [1.82, 2.24) is 0 Å². The first-order valence-corrected chi connectivity index (χ1v) is 15.4. The van der Waals surface area contributed by atoms with Gasteiger partial charge in [0.15, 0.2) is 0 Å². The predicted octanol–water partition coefficient (Wildman–Crippen LogP) is 6.81. The minimum absolute atomic E-state index is 0.153. The van der Waals surface area contributed by atoms with Crippen molar-refractivity contribution in [3.63, 3.8) is 0 Å². The fourth-order valence-electron chi connectivity index (χ4n) is 3.93. The molecule has 0 fully saturated rings. The fraction of sp³-hybridized carbons (Fsp3) is 0.189. The van der Waals surface area contributed by atoms with Gasteiger partial charge in [0.2, 0.25) is 11.8 Å². The number of benzene rings is 4. The van der Waals surface area contributed by atoms with Gasteiger partial charge in [0.1, 0.15) is 5.60 Å². The van der Waals surface area contributed by atoms with Gasteiger partial charge in [0.25, 0.3) is 17.8 Å². The summed E-state index contributed by atoms with van der Waals surface area (Å²) in [7, 11) is 0. The highest BCUT2D eigenvalue weighted by atomic mass is 16.6. The number of nitrogen functional groups attached to an aromatic ring is 1. The molecular weight excluding hydrogens is 656 g/mol. The van der Waals surface area contributed by atoms with Crippen LogP contribution in [-0.4, -0.2) is 46.4 Å². The molecule has 0 aliphatic rings. The van der Waals surface area contributed by atoms with Crippen LogP contribution in [-0.2, 0) is 19.1 Å². The number of anilines is 6. The van der Waals surface area contributed by atoms with E-state index in [0.29, 0.717) is 45.3 Å². The topological polar surface area (TPSA) is 218 Å². The number of carboxylic acid groups (broad SMARTS) is 1. The van der Waals surface area contributed by atoms with Crippen molar-refractivity contribution in [2.24, 2.45) is 0 Å². The summed E-state index contributed by atoms with van der Waals surface area (Å²) in [5.74, 6) is -1.77. The second kappa shape index (κ2) is 19.3. The molecule has 0 spiro atoms. The third-order valence-corrected chi connectivity index (χ3v) is 5.95. The first-order chi connectivity index (χ1) is 23.9. The highest BCUT2D eigenvalue weighted by Crippen LogP contribution is 2.23. The van der Waals surface area contributed by atoms with Crippen LogP contribution in [0, 0.1) is 0 Å². The first-order valence-electron chi connectivity index (χ1n) is 15.4. The van der Waals surface area contributed by atoms with E-state index < -0.39 is 17.7 Å². The molecule has 8 N–H and O–H groups in total. The van der Waals surface area contributed by atoms with Gasteiger partial charge in [0, 0.05) is 43.3 Å². The number of carboxylic acids is 1. The lowest BCUT2D eigenvalue weighted by Gasteiger charge is -2.20. The Bertz CT molecular complexity index is 1830. The van der Waals surface area contributed by atoms with Crippen molar-refractivity contribution in [2.45, 2.75) is 47.1 Å². The lowest BCUT2D eigenvalue weighted by molar-refractivity contribution is -0.134. The van der Waals surface area contributed by atoms with Crippen molar-refractivity contribution in [2.75, 3.05) is 32.3 Å². The summed E-state index contributed by atoms with van der Waals surface area (Å²) in [5.41, 5.74) is 9.24. The molecule has 0 radical (unpaired) electrons. The molecule has 0 aliphatic carbocycles. The average Bonchev–Trinajstić information content (AvgIpc) is 3.02. The molecule has 5 amide bonds. The normalized spacial score (nSPS) is 10.0. The third-order valence-electron chi connectivity index (χ3n) is 5.95. The SMILES string of the molecule is CC(=O)Nc1ccc(C(=O)Nc2ccccc2N)cc1.CC(=O)Nc1ccc(C(=O)Nc2ccccc2NC(=O)OC(C)(C)C)cc1.CC(=O)O. The molecule has 4 aromatic rings. The van der Waals surface area contributed by atoms with Crippen LogP contribution in [0.4, 0.5) is 38.9 Å². The minimum Gasteiger partial charge on any atom is -0.481 e. The number of para-hydroxylation sites is 4. The van der Waals surface area contributed by atoms with Crippen molar-refractivity contribution in [1.29, 1.82) is 0 Å². The fourth-order valence-corrected chi connectivity index (χ4v) is 3.93. The van der Waals surface area contributed by atoms with Crippen molar-refractivity contribution in [3.05, 3.63) is 108 Å². The number of hydrogen-bond donors (Lipinski definition) is 7. The van der Waals surface area contributed by atoms with Gasteiger partial charge in [-0.2, -0.15) is 0 Å². The van der Waals surface area contributed by atoms with Gasteiger partial charge in [-0.1, -0.05) is 24.3 Å². The standard InChI is InChI=1S/C20H23N3O4.C15H15N3O2.C2H4O2/c1-13(24)21-15-11-9-14(10-12-15)18(25)22-16-7-5-6-8-17(16)23-19(26)27-20(2,3)4;1-10(19)17-12-8-6-11(7-9-12)15(20)18-14-5-3-2-4-13(14)16;1-2(3)4/h5-12H,1-4H3,(H,21,24)(H,22,25)(H,23,26);2-9H,16H2,1H3,(H,17,19)(H,18,20);1H3,(H,3,4). The first kappa shape index (κ1) is 40.5. The zero-order chi connectivity index (χ0) is 38.1. The van der Waals surface area contributed by atoms with E-state index in [1.165, 1.54) is 13.8 Å². The summed E-state index contributed by atoms with van der Waals surface area (Å²) in [5, 5.41) is 20.8. The Morgan fingerprint density at radius 2 is 0.902 bits per heavy atom. The Balaban J connectivity index is 0.000000331. The quantitative estimate of drug-likeness (QED) is 0.101. The van der Waals surface area contributed by atoms with Gasteiger partial charge >= 0.3 is 6.09 Å². The highest BCUT2D eigenvalue weighted by Gasteiger charge is 2.18. The van der Waals surface area contributed by atoms with Gasteiger partial charge in [-0.3, -0.25) is 29.3 Å². The van der Waals surface area contributed by atoms with Crippen LogP contribution in [0.25, 0.3) is 0 Å². The van der Waals surface area contributed by atoms with Crippen LogP contribution in [0.5, 0.6) is 0 Å². The molecule has 0 heterocycles. The minimum atomic E-state index is -0.833. The largest absolute Gasteiger partial charge is 0.481 e. The number of ether oxygens (including phenoxy) is 1. The summed E-state index contributed by atoms with van der Waals surface area (Å²) >= 11 is 0. The number of rotatable bonds is 7. The maximum absolute atomic E-state index is 12.5. The smallest absolute Gasteiger partial charge is 0.412 e. The Kier molecular flexibility index (Phi) is 15.3. The Hall–Kier alpha value is -6.70. The summed E-state index contributed by atoms with van der Waals surface area (Å²) in [4.78, 5) is 67.5. The molecule has 0 unspecified atom stereocenters. The van der Waals surface area contributed by atoms with Crippen molar-refractivity contribution < 1.29 is 38.6 Å². The van der Waals surface area contributed by atoms with E-state index in [1.54, 1.807) is 118 Å². The number of amides is 5. The molecule has 0 aromatic heterocycles. The van der Waals surface area contributed by atoms with Crippen LogP contribution in [0.15, 0.2) is 97.1 Å². The summed E-state index contributed by atoms with van der Waals surface area (Å²) < 4.78 is 5.23. The number of carbonyl (C=O) groups is 6. The zero-order valence-electron chi connectivity index (χ0n) is 29.1. The van der Waals surface area contributed by atoms with Gasteiger partial charge < -0.3 is 36.8 Å². The molecule has 14 nitrogen and oxygen atoms in total. The van der Waals surface area contributed by atoms with E-state index in [4.69, 9.17) is 20.4 Å². The molecule has 0 atom stereocenters. The van der Waals surface area contributed by atoms with E-state index in [0.717, 1.165) is 6.92 Å². The van der Waals surface area contributed by atoms with Gasteiger partial charge in [-0.05, 0) is 93.6 Å². The lowest BCUT2D eigenvalue weighted by Crippen LogP contribution is -2.27. The Morgan fingerprint density at radius 3 is 1.27 bits per heavy atom. The number of nitrogens with one attached hydrogen (secondary N) is 5. The highest BCUT2D eigenvalue weighted by molar-refractivity contribution is 6.07. The number of carbonyl (C=O) groups excluding carboxylic acids is 5. The van der Waals surface area contributed by atoms with Gasteiger partial charge in [0.05, 0.1) is 22.7 Å². The van der Waals surface area contributed by atoms with Gasteiger partial charge in [-0.15, -0.1) is 0 Å². The van der Waals surface area contributed by atoms with Crippen molar-refractivity contribution >= 4 is 69.8 Å². The molecule has 0 saturated heterocycles. The maximum atomic E-state index is 12.5. The van der Waals surface area contributed by atoms with E-state index in [1.807, 2.05) is 0 Å². The summed E-state index contributed by atoms with van der Waals surface area (Å²) in [6.45, 7) is 9.23. The summed E-state index contributed by atoms with van der Waals surface area (Å²) in [6.07, 6.45) is -0.608. The molecule has 0 saturated carbocycles. The molecular formula is C37H42N6O8. The molecule has 51 heavy (non-hydrogen) atoms. The average molecular weight is 699 g/mol. The van der Waals surface area contributed by atoms with E-state index in [9.17, 15) is 24.0 Å². The van der Waals surface area contributed by atoms with Crippen LogP contribution >= 0.6 is 0 Å². The Labute approximate surface area is 295 Å². The second-order valence-electron chi connectivity index (χ2n) is 11.7.